The minimum absolute atomic E-state index is 0.146. The van der Waals surface area contributed by atoms with Gasteiger partial charge in [-0.15, -0.1) is 0 Å². The summed E-state index contributed by atoms with van der Waals surface area (Å²) in [5, 5.41) is 0. The number of halogens is 2. The third-order valence-electron chi connectivity index (χ3n) is 3.16. The smallest absolute Gasteiger partial charge is 0.137 e. The molecule has 0 spiro atoms. The molecule has 2 aromatic rings. The van der Waals surface area contributed by atoms with Crippen LogP contribution in [0.4, 0.5) is 4.39 Å². The van der Waals surface area contributed by atoms with Crippen molar-refractivity contribution in [3.8, 4) is 0 Å². The molecule has 0 radical (unpaired) electrons. The van der Waals surface area contributed by atoms with Gasteiger partial charge in [-0.1, -0.05) is 46.3 Å². The molecule has 2 rings (SSSR count). The van der Waals surface area contributed by atoms with Gasteiger partial charge in [-0.2, -0.15) is 0 Å². The first-order valence-corrected chi connectivity index (χ1v) is 7.44. The highest BCUT2D eigenvalue weighted by atomic mass is 79.9. The van der Waals surface area contributed by atoms with Gasteiger partial charge in [-0.25, -0.2) is 4.39 Å². The first-order chi connectivity index (χ1) is 9.65. The van der Waals surface area contributed by atoms with E-state index < -0.39 is 0 Å². The van der Waals surface area contributed by atoms with E-state index in [1.165, 1.54) is 17.7 Å². The van der Waals surface area contributed by atoms with E-state index in [9.17, 15) is 9.18 Å². The van der Waals surface area contributed by atoms with E-state index in [0.717, 1.165) is 22.9 Å². The minimum atomic E-state index is -0.305. The van der Waals surface area contributed by atoms with Crippen LogP contribution in [0.1, 0.15) is 24.0 Å². The van der Waals surface area contributed by atoms with Crippen molar-refractivity contribution in [2.75, 3.05) is 0 Å². The van der Waals surface area contributed by atoms with Crippen LogP contribution in [0.15, 0.2) is 53.0 Å². The fourth-order valence-corrected chi connectivity index (χ4v) is 2.50. The molecule has 0 heterocycles. The molecule has 2 aromatic carbocycles. The largest absolute Gasteiger partial charge is 0.299 e. The SMILES string of the molecule is O=C(CCCc1ccccc1)Cc1cc(F)ccc1Br. The number of benzene rings is 2. The summed E-state index contributed by atoms with van der Waals surface area (Å²) >= 11 is 3.34. The second-order valence-corrected chi connectivity index (χ2v) is 5.64. The predicted octanol–water partition coefficient (Wildman–Crippen LogP) is 4.72. The van der Waals surface area contributed by atoms with Crippen molar-refractivity contribution in [3.63, 3.8) is 0 Å². The molecular weight excluding hydrogens is 319 g/mol. The number of hydrogen-bond acceptors (Lipinski definition) is 1. The number of Topliss-reactive ketones (excluding diaryl/α,β-unsaturated/α-hetero) is 1. The van der Waals surface area contributed by atoms with Crippen LogP contribution in [-0.4, -0.2) is 5.78 Å². The molecule has 0 aliphatic rings. The number of rotatable bonds is 6. The summed E-state index contributed by atoms with van der Waals surface area (Å²) in [5.41, 5.74) is 1.96. The molecule has 0 aromatic heterocycles. The van der Waals surface area contributed by atoms with Crippen molar-refractivity contribution in [1.29, 1.82) is 0 Å². The second-order valence-electron chi connectivity index (χ2n) is 4.79. The molecule has 0 N–H and O–H groups in total. The Kier molecular flexibility index (Phi) is 5.48. The summed E-state index contributed by atoms with van der Waals surface area (Å²) in [4.78, 5) is 11.9. The molecule has 0 amide bonds. The first-order valence-electron chi connectivity index (χ1n) is 6.65. The molecule has 0 atom stereocenters. The molecule has 1 nitrogen and oxygen atoms in total. The maximum atomic E-state index is 13.1. The average molecular weight is 335 g/mol. The molecule has 0 unspecified atom stereocenters. The number of aryl methyl sites for hydroxylation is 1. The van der Waals surface area contributed by atoms with Gasteiger partial charge >= 0.3 is 0 Å². The van der Waals surface area contributed by atoms with Gasteiger partial charge in [0.05, 0.1) is 0 Å². The van der Waals surface area contributed by atoms with Gasteiger partial charge in [0.25, 0.3) is 0 Å². The van der Waals surface area contributed by atoms with Gasteiger partial charge in [0.15, 0.2) is 0 Å². The zero-order valence-electron chi connectivity index (χ0n) is 11.1. The zero-order valence-corrected chi connectivity index (χ0v) is 12.7. The van der Waals surface area contributed by atoms with E-state index in [4.69, 9.17) is 0 Å². The summed E-state index contributed by atoms with van der Waals surface area (Å²) in [7, 11) is 0. The maximum absolute atomic E-state index is 13.1. The molecule has 0 saturated heterocycles. The predicted molar refractivity (Wildman–Crippen MR) is 82.2 cm³/mol. The molecule has 3 heteroatoms. The molecule has 0 bridgehead atoms. The van der Waals surface area contributed by atoms with E-state index in [0.29, 0.717) is 6.42 Å². The third-order valence-corrected chi connectivity index (χ3v) is 3.93. The van der Waals surface area contributed by atoms with Crippen molar-refractivity contribution in [2.45, 2.75) is 25.7 Å². The van der Waals surface area contributed by atoms with Crippen molar-refractivity contribution in [1.82, 2.24) is 0 Å². The van der Waals surface area contributed by atoms with E-state index in [1.54, 1.807) is 6.07 Å². The lowest BCUT2D eigenvalue weighted by molar-refractivity contribution is -0.118. The first kappa shape index (κ1) is 14.9. The third kappa shape index (κ3) is 4.57. The monoisotopic (exact) mass is 334 g/mol. The van der Waals surface area contributed by atoms with Gasteiger partial charge < -0.3 is 0 Å². The maximum Gasteiger partial charge on any atom is 0.137 e. The van der Waals surface area contributed by atoms with Gasteiger partial charge in [0.1, 0.15) is 11.6 Å². The second kappa shape index (κ2) is 7.34. The average Bonchev–Trinajstić information content (AvgIpc) is 2.44. The van der Waals surface area contributed by atoms with Crippen LogP contribution in [0.25, 0.3) is 0 Å². The van der Waals surface area contributed by atoms with Gasteiger partial charge in [-0.05, 0) is 42.2 Å². The highest BCUT2D eigenvalue weighted by Crippen LogP contribution is 2.19. The number of hydrogen-bond donors (Lipinski definition) is 0. The highest BCUT2D eigenvalue weighted by molar-refractivity contribution is 9.10. The van der Waals surface area contributed by atoms with E-state index in [-0.39, 0.29) is 18.0 Å². The van der Waals surface area contributed by atoms with Crippen molar-refractivity contribution in [3.05, 3.63) is 69.9 Å². The Hall–Kier alpha value is -1.48. The van der Waals surface area contributed by atoms with Gasteiger partial charge in [-0.3, -0.25) is 4.79 Å². The van der Waals surface area contributed by atoms with E-state index >= 15 is 0 Å². The molecule has 0 aliphatic carbocycles. The van der Waals surface area contributed by atoms with Crippen LogP contribution in [0.2, 0.25) is 0 Å². The van der Waals surface area contributed by atoms with Crippen molar-refractivity contribution in [2.24, 2.45) is 0 Å². The van der Waals surface area contributed by atoms with Crippen molar-refractivity contribution < 1.29 is 9.18 Å². The Morgan fingerprint density at radius 2 is 1.85 bits per heavy atom. The molecule has 20 heavy (non-hydrogen) atoms. The quantitative estimate of drug-likeness (QED) is 0.746. The van der Waals surface area contributed by atoms with Crippen LogP contribution < -0.4 is 0 Å². The Morgan fingerprint density at radius 1 is 1.10 bits per heavy atom. The van der Waals surface area contributed by atoms with Gasteiger partial charge in [0.2, 0.25) is 0 Å². The number of ketones is 1. The number of carbonyl (C=O) groups is 1. The molecule has 0 aliphatic heterocycles. The lowest BCUT2D eigenvalue weighted by Crippen LogP contribution is -2.04. The lowest BCUT2D eigenvalue weighted by Gasteiger charge is -2.05. The Labute approximate surface area is 127 Å². The van der Waals surface area contributed by atoms with Crippen LogP contribution in [0, 0.1) is 5.82 Å². The lowest BCUT2D eigenvalue weighted by atomic mass is 10.0. The highest BCUT2D eigenvalue weighted by Gasteiger charge is 2.08. The molecule has 0 saturated carbocycles. The minimum Gasteiger partial charge on any atom is -0.299 e. The van der Waals surface area contributed by atoms with Crippen LogP contribution >= 0.6 is 15.9 Å². The summed E-state index contributed by atoms with van der Waals surface area (Å²) < 4.78 is 13.9. The Balaban J connectivity index is 1.82. The summed E-state index contributed by atoms with van der Waals surface area (Å²) in [6, 6.07) is 14.5. The Bertz CT molecular complexity index is 581. The van der Waals surface area contributed by atoms with E-state index in [1.807, 2.05) is 18.2 Å². The summed E-state index contributed by atoms with van der Waals surface area (Å²) in [6.07, 6.45) is 2.54. The zero-order chi connectivity index (χ0) is 14.4. The Morgan fingerprint density at radius 3 is 2.60 bits per heavy atom. The van der Waals surface area contributed by atoms with Crippen LogP contribution in [0.5, 0.6) is 0 Å². The molecule has 0 fully saturated rings. The van der Waals surface area contributed by atoms with E-state index in [2.05, 4.69) is 28.1 Å². The standard InChI is InChI=1S/C17H16BrFO/c18-17-10-9-15(19)11-14(17)12-16(20)8-4-7-13-5-2-1-3-6-13/h1-3,5-6,9-11H,4,7-8,12H2. The molecule has 104 valence electrons. The number of carbonyl (C=O) groups excluding carboxylic acids is 1. The summed E-state index contributed by atoms with van der Waals surface area (Å²) in [5.74, 6) is -0.160. The van der Waals surface area contributed by atoms with Gasteiger partial charge in [0, 0.05) is 17.3 Å². The molecular formula is C17H16BrFO. The fourth-order valence-electron chi connectivity index (χ4n) is 2.11. The normalized spacial score (nSPS) is 10.5. The fraction of sp³-hybridized carbons (Fsp3) is 0.235. The topological polar surface area (TPSA) is 17.1 Å². The van der Waals surface area contributed by atoms with Crippen molar-refractivity contribution >= 4 is 21.7 Å². The van der Waals surface area contributed by atoms with Crippen LogP contribution in [-0.2, 0) is 17.6 Å². The summed E-state index contributed by atoms with van der Waals surface area (Å²) in [6.45, 7) is 0. The van der Waals surface area contributed by atoms with Crippen LogP contribution in [0.3, 0.4) is 0 Å².